The van der Waals surface area contributed by atoms with Crippen LogP contribution in [0.15, 0.2) is 18.2 Å². The molecule has 16 heavy (non-hydrogen) atoms. The van der Waals surface area contributed by atoms with E-state index in [0.717, 1.165) is 31.5 Å². The quantitative estimate of drug-likeness (QED) is 0.780. The van der Waals surface area contributed by atoms with Gasteiger partial charge in [-0.05, 0) is 55.6 Å². The molecule has 2 heteroatoms. The first-order valence-corrected chi connectivity index (χ1v) is 6.13. The highest BCUT2D eigenvalue weighted by molar-refractivity contribution is 5.26. The molecule has 1 nitrogen and oxygen atoms in total. The molecular weight excluding hydrogens is 201 g/mol. The summed E-state index contributed by atoms with van der Waals surface area (Å²) in [6, 6.07) is 5.07. The number of benzene rings is 1. The number of rotatable bonds is 6. The van der Waals surface area contributed by atoms with E-state index in [4.69, 9.17) is 0 Å². The summed E-state index contributed by atoms with van der Waals surface area (Å²) in [5, 5.41) is 3.36. The van der Waals surface area contributed by atoms with Crippen molar-refractivity contribution in [3.05, 3.63) is 35.1 Å². The van der Waals surface area contributed by atoms with Crippen LogP contribution >= 0.6 is 0 Å². The number of hydrogen-bond donors (Lipinski definition) is 1. The lowest BCUT2D eigenvalue weighted by Crippen LogP contribution is -2.23. The van der Waals surface area contributed by atoms with Crippen LogP contribution in [0.3, 0.4) is 0 Å². The van der Waals surface area contributed by atoms with Crippen LogP contribution in [-0.2, 0) is 6.42 Å². The van der Waals surface area contributed by atoms with Crippen molar-refractivity contribution in [1.29, 1.82) is 0 Å². The van der Waals surface area contributed by atoms with Gasteiger partial charge in [0.2, 0.25) is 0 Å². The van der Waals surface area contributed by atoms with Gasteiger partial charge in [-0.1, -0.05) is 26.3 Å². The summed E-state index contributed by atoms with van der Waals surface area (Å²) in [5.74, 6) is 0.472. The van der Waals surface area contributed by atoms with Crippen LogP contribution in [0.2, 0.25) is 0 Å². The number of hydrogen-bond acceptors (Lipinski definition) is 1. The van der Waals surface area contributed by atoms with E-state index in [1.54, 1.807) is 6.07 Å². The lowest BCUT2D eigenvalue weighted by Gasteiger charge is -2.16. The maximum Gasteiger partial charge on any atom is 0.123 e. The van der Waals surface area contributed by atoms with E-state index in [2.05, 4.69) is 26.1 Å². The average Bonchev–Trinajstić information content (AvgIpc) is 2.28. The minimum atomic E-state index is -0.126. The van der Waals surface area contributed by atoms with Crippen LogP contribution in [-0.4, -0.2) is 13.1 Å². The minimum absolute atomic E-state index is 0.126. The van der Waals surface area contributed by atoms with Crippen molar-refractivity contribution in [3.63, 3.8) is 0 Å². The topological polar surface area (TPSA) is 12.0 Å². The smallest absolute Gasteiger partial charge is 0.123 e. The largest absolute Gasteiger partial charge is 0.317 e. The molecule has 1 aromatic carbocycles. The zero-order valence-corrected chi connectivity index (χ0v) is 10.5. The first kappa shape index (κ1) is 13.2. The highest BCUT2D eigenvalue weighted by Gasteiger charge is 2.09. The first-order valence-electron chi connectivity index (χ1n) is 6.13. The third-order valence-corrected chi connectivity index (χ3v) is 3.08. The molecule has 1 unspecified atom stereocenters. The fraction of sp³-hybridized carbons (Fsp3) is 0.571. The molecule has 1 N–H and O–H groups in total. The molecule has 1 atom stereocenters. The number of aryl methyl sites for hydroxylation is 1. The zero-order valence-electron chi connectivity index (χ0n) is 10.5. The molecule has 1 rings (SSSR count). The van der Waals surface area contributed by atoms with Crippen molar-refractivity contribution in [2.75, 3.05) is 13.1 Å². The Hall–Kier alpha value is -0.890. The highest BCUT2D eigenvalue weighted by Crippen LogP contribution is 2.16. The summed E-state index contributed by atoms with van der Waals surface area (Å²) in [6.07, 6.45) is 2.09. The highest BCUT2D eigenvalue weighted by atomic mass is 19.1. The predicted octanol–water partition coefficient (Wildman–Crippen LogP) is 3.31. The summed E-state index contributed by atoms with van der Waals surface area (Å²) < 4.78 is 13.1. The summed E-state index contributed by atoms with van der Waals surface area (Å²) >= 11 is 0. The van der Waals surface area contributed by atoms with E-state index >= 15 is 0 Å². The van der Waals surface area contributed by atoms with Crippen molar-refractivity contribution in [3.8, 4) is 0 Å². The zero-order chi connectivity index (χ0) is 12.0. The van der Waals surface area contributed by atoms with E-state index < -0.39 is 0 Å². The Kier molecular flexibility index (Phi) is 5.47. The van der Waals surface area contributed by atoms with Crippen molar-refractivity contribution in [2.45, 2.75) is 33.6 Å². The van der Waals surface area contributed by atoms with Crippen molar-refractivity contribution in [2.24, 2.45) is 5.92 Å². The van der Waals surface area contributed by atoms with Crippen LogP contribution in [0.5, 0.6) is 0 Å². The fourth-order valence-electron chi connectivity index (χ4n) is 1.88. The van der Waals surface area contributed by atoms with E-state index in [1.807, 2.05) is 6.07 Å². The Morgan fingerprint density at radius 3 is 2.69 bits per heavy atom. The Morgan fingerprint density at radius 1 is 1.31 bits per heavy atom. The van der Waals surface area contributed by atoms with Crippen LogP contribution in [0.25, 0.3) is 0 Å². The van der Waals surface area contributed by atoms with Gasteiger partial charge in [0, 0.05) is 0 Å². The fourth-order valence-corrected chi connectivity index (χ4v) is 1.88. The molecule has 0 heterocycles. The van der Waals surface area contributed by atoms with Gasteiger partial charge in [-0.2, -0.15) is 0 Å². The molecule has 0 aliphatic carbocycles. The van der Waals surface area contributed by atoms with Gasteiger partial charge in [0.25, 0.3) is 0 Å². The second-order valence-electron chi connectivity index (χ2n) is 4.36. The molecule has 0 saturated heterocycles. The standard InChI is InChI=1S/C14H22FN/c1-4-12(10-16-5-2)8-13-9-14(15)7-6-11(13)3/h6-7,9,12,16H,4-5,8,10H2,1-3H3. The normalized spacial score (nSPS) is 12.8. The molecular formula is C14H22FN. The van der Waals surface area contributed by atoms with Crippen LogP contribution in [0, 0.1) is 18.7 Å². The SMILES string of the molecule is CCNCC(CC)Cc1cc(F)ccc1C. The summed E-state index contributed by atoms with van der Waals surface area (Å²) in [4.78, 5) is 0. The second-order valence-corrected chi connectivity index (χ2v) is 4.36. The van der Waals surface area contributed by atoms with Crippen molar-refractivity contribution < 1.29 is 4.39 Å². The van der Waals surface area contributed by atoms with E-state index in [0.29, 0.717) is 5.92 Å². The van der Waals surface area contributed by atoms with Crippen LogP contribution in [0.1, 0.15) is 31.4 Å². The lowest BCUT2D eigenvalue weighted by atomic mass is 9.94. The first-order chi connectivity index (χ1) is 7.67. The van der Waals surface area contributed by atoms with Gasteiger partial charge in [0.1, 0.15) is 5.82 Å². The molecule has 0 amide bonds. The van der Waals surface area contributed by atoms with Crippen LogP contribution < -0.4 is 5.32 Å². The molecule has 0 spiro atoms. The molecule has 0 aromatic heterocycles. The van der Waals surface area contributed by atoms with Gasteiger partial charge in [-0.15, -0.1) is 0 Å². The summed E-state index contributed by atoms with van der Waals surface area (Å²) in [5.41, 5.74) is 2.33. The summed E-state index contributed by atoms with van der Waals surface area (Å²) in [6.45, 7) is 8.37. The lowest BCUT2D eigenvalue weighted by molar-refractivity contribution is 0.465. The monoisotopic (exact) mass is 223 g/mol. The Bertz CT molecular complexity index is 323. The number of nitrogens with one attached hydrogen (secondary N) is 1. The molecule has 0 aliphatic rings. The average molecular weight is 223 g/mol. The van der Waals surface area contributed by atoms with E-state index in [1.165, 1.54) is 11.6 Å². The Balaban J connectivity index is 2.65. The van der Waals surface area contributed by atoms with Gasteiger partial charge in [0.05, 0.1) is 0 Å². The molecule has 1 aromatic rings. The van der Waals surface area contributed by atoms with Gasteiger partial charge >= 0.3 is 0 Å². The third-order valence-electron chi connectivity index (χ3n) is 3.08. The van der Waals surface area contributed by atoms with Crippen molar-refractivity contribution in [1.82, 2.24) is 5.32 Å². The molecule has 0 saturated carbocycles. The predicted molar refractivity (Wildman–Crippen MR) is 67.2 cm³/mol. The second kappa shape index (κ2) is 6.64. The van der Waals surface area contributed by atoms with Gasteiger partial charge in [-0.3, -0.25) is 0 Å². The maximum atomic E-state index is 13.1. The number of halogens is 1. The minimum Gasteiger partial charge on any atom is -0.317 e. The van der Waals surface area contributed by atoms with Crippen LogP contribution in [0.4, 0.5) is 4.39 Å². The van der Waals surface area contributed by atoms with Gasteiger partial charge in [0.15, 0.2) is 0 Å². The van der Waals surface area contributed by atoms with Gasteiger partial charge in [-0.25, -0.2) is 4.39 Å². The molecule has 0 bridgehead atoms. The van der Waals surface area contributed by atoms with E-state index in [9.17, 15) is 4.39 Å². The molecule has 0 fully saturated rings. The molecule has 0 radical (unpaired) electrons. The Labute approximate surface area is 98.1 Å². The van der Waals surface area contributed by atoms with E-state index in [-0.39, 0.29) is 5.82 Å². The maximum absolute atomic E-state index is 13.1. The summed E-state index contributed by atoms with van der Waals surface area (Å²) in [7, 11) is 0. The molecule has 0 aliphatic heterocycles. The van der Waals surface area contributed by atoms with Gasteiger partial charge < -0.3 is 5.32 Å². The van der Waals surface area contributed by atoms with Crippen molar-refractivity contribution >= 4 is 0 Å². The third kappa shape index (κ3) is 3.93. The Morgan fingerprint density at radius 2 is 2.06 bits per heavy atom. The molecule has 90 valence electrons.